The quantitative estimate of drug-likeness (QED) is 0.498. The average Bonchev–Trinajstić information content (AvgIpc) is 2.93. The lowest BCUT2D eigenvalue weighted by atomic mass is 9.99. The number of nitro groups is 4. The molecule has 3 rings (SSSR count). The van der Waals surface area contributed by atoms with Gasteiger partial charge in [-0.2, -0.15) is 0 Å². The molecule has 0 amide bonds. The van der Waals surface area contributed by atoms with Gasteiger partial charge in [0, 0.05) is 11.3 Å². The summed E-state index contributed by atoms with van der Waals surface area (Å²) in [5.74, 6) is 0. The Morgan fingerprint density at radius 3 is 1.73 bits per heavy atom. The Kier molecular flexibility index (Phi) is 3.46. The van der Waals surface area contributed by atoms with Crippen molar-refractivity contribution in [3.05, 3.63) is 74.7 Å². The Labute approximate surface area is 141 Å². The van der Waals surface area contributed by atoms with Crippen LogP contribution in [0.2, 0.25) is 0 Å². The van der Waals surface area contributed by atoms with Crippen LogP contribution < -0.4 is 10.4 Å². The van der Waals surface area contributed by atoms with Crippen molar-refractivity contribution < 1.29 is 19.7 Å². The highest BCUT2D eigenvalue weighted by Crippen LogP contribution is 2.42. The molecule has 0 bridgehead atoms. The van der Waals surface area contributed by atoms with Crippen molar-refractivity contribution in [2.45, 2.75) is 0 Å². The standard InChI is InChI=1S/C14H6N4O8/c1-6-9-3-7-2-8(15(19)20)4-11(17(23)24)13(7)14(9)12(18(25)26)5-10(6)16(21)22/h2-5H,1H2. The molecule has 0 aromatic heterocycles. The number of non-ortho nitro benzene ring substituents is 2. The van der Waals surface area contributed by atoms with Crippen LogP contribution in [0.5, 0.6) is 0 Å². The van der Waals surface area contributed by atoms with Gasteiger partial charge in [-0.25, -0.2) is 0 Å². The van der Waals surface area contributed by atoms with Crippen molar-refractivity contribution in [3.63, 3.8) is 0 Å². The summed E-state index contributed by atoms with van der Waals surface area (Å²) < 4.78 is 0. The van der Waals surface area contributed by atoms with Gasteiger partial charge in [0.1, 0.15) is 0 Å². The molecule has 0 N–H and O–H groups in total. The topological polar surface area (TPSA) is 173 Å². The summed E-state index contributed by atoms with van der Waals surface area (Å²) in [7, 11) is 0. The van der Waals surface area contributed by atoms with Gasteiger partial charge >= 0.3 is 0 Å². The molecule has 2 aromatic carbocycles. The lowest BCUT2D eigenvalue weighted by Gasteiger charge is -2.05. The van der Waals surface area contributed by atoms with Gasteiger partial charge in [-0.15, -0.1) is 0 Å². The summed E-state index contributed by atoms with van der Waals surface area (Å²) in [6, 6.07) is 2.38. The first-order valence-electron chi connectivity index (χ1n) is 6.77. The molecule has 1 aliphatic carbocycles. The minimum Gasteiger partial charge on any atom is -0.258 e. The molecule has 130 valence electrons. The molecule has 0 atom stereocenters. The first-order chi connectivity index (χ1) is 12.1. The van der Waals surface area contributed by atoms with Gasteiger partial charge in [0.25, 0.3) is 22.7 Å². The van der Waals surface area contributed by atoms with E-state index in [-0.39, 0.29) is 27.1 Å². The molecule has 0 aliphatic heterocycles. The summed E-state index contributed by atoms with van der Waals surface area (Å²) >= 11 is 0. The van der Waals surface area contributed by atoms with Crippen LogP contribution in [0.25, 0.3) is 23.8 Å². The van der Waals surface area contributed by atoms with Crippen LogP contribution >= 0.6 is 0 Å². The number of fused-ring (bicyclic) bond motifs is 3. The molecule has 12 heteroatoms. The Bertz CT molecular complexity index is 1170. The summed E-state index contributed by atoms with van der Waals surface area (Å²) in [4.78, 5) is 41.4. The van der Waals surface area contributed by atoms with Crippen molar-refractivity contribution in [1.82, 2.24) is 0 Å². The van der Waals surface area contributed by atoms with E-state index < -0.39 is 42.4 Å². The van der Waals surface area contributed by atoms with Crippen LogP contribution in [0.4, 0.5) is 22.7 Å². The summed E-state index contributed by atoms with van der Waals surface area (Å²) in [5.41, 5.74) is -3.08. The van der Waals surface area contributed by atoms with Gasteiger partial charge in [0.15, 0.2) is 0 Å². The molecular formula is C14H6N4O8. The predicted molar refractivity (Wildman–Crippen MR) is 86.8 cm³/mol. The predicted octanol–water partition coefficient (Wildman–Crippen LogP) is 1.54. The Balaban J connectivity index is 2.54. The Hall–Kier alpha value is -4.22. The van der Waals surface area contributed by atoms with E-state index in [1.54, 1.807) is 0 Å². The second-order valence-corrected chi connectivity index (χ2v) is 5.28. The maximum Gasteiger partial charge on any atom is 0.285 e. The Morgan fingerprint density at radius 1 is 0.692 bits per heavy atom. The minimum absolute atomic E-state index is 0.0191. The van der Waals surface area contributed by atoms with Crippen LogP contribution in [0.15, 0.2) is 18.2 Å². The second kappa shape index (κ2) is 5.41. The van der Waals surface area contributed by atoms with Crippen LogP contribution in [-0.4, -0.2) is 19.7 Å². The third-order valence-electron chi connectivity index (χ3n) is 3.92. The fraction of sp³-hybridized carbons (Fsp3) is 0. The molecule has 0 fully saturated rings. The van der Waals surface area contributed by atoms with Gasteiger partial charge in [-0.1, -0.05) is 6.58 Å². The lowest BCUT2D eigenvalue weighted by Crippen LogP contribution is -2.27. The first kappa shape index (κ1) is 16.6. The molecule has 2 aromatic rings. The Morgan fingerprint density at radius 2 is 1.23 bits per heavy atom. The number of hydrogen-bond acceptors (Lipinski definition) is 8. The van der Waals surface area contributed by atoms with Gasteiger partial charge in [0.05, 0.1) is 48.2 Å². The van der Waals surface area contributed by atoms with E-state index in [2.05, 4.69) is 6.58 Å². The minimum atomic E-state index is -0.903. The van der Waals surface area contributed by atoms with Gasteiger partial charge in [-0.3, -0.25) is 40.5 Å². The van der Waals surface area contributed by atoms with E-state index in [1.165, 1.54) is 6.08 Å². The molecule has 0 radical (unpaired) electrons. The first-order valence-corrected chi connectivity index (χ1v) is 6.77. The largest absolute Gasteiger partial charge is 0.285 e. The van der Waals surface area contributed by atoms with E-state index in [9.17, 15) is 40.5 Å². The highest BCUT2D eigenvalue weighted by atomic mass is 16.6. The summed E-state index contributed by atoms with van der Waals surface area (Å²) in [6.07, 6.45) is 1.19. The number of hydrogen-bond donors (Lipinski definition) is 0. The molecule has 0 unspecified atom stereocenters. The van der Waals surface area contributed by atoms with E-state index >= 15 is 0 Å². The number of nitro benzene ring substituents is 4. The van der Waals surface area contributed by atoms with Gasteiger partial charge in [0.2, 0.25) is 0 Å². The zero-order chi connectivity index (χ0) is 19.3. The number of rotatable bonds is 4. The van der Waals surface area contributed by atoms with Crippen molar-refractivity contribution in [3.8, 4) is 11.1 Å². The van der Waals surface area contributed by atoms with Gasteiger partial charge in [-0.05, 0) is 11.6 Å². The monoisotopic (exact) mass is 358 g/mol. The van der Waals surface area contributed by atoms with Crippen LogP contribution in [0, 0.1) is 40.5 Å². The van der Waals surface area contributed by atoms with Crippen molar-refractivity contribution in [2.75, 3.05) is 0 Å². The molecule has 0 saturated carbocycles. The van der Waals surface area contributed by atoms with Crippen molar-refractivity contribution in [2.24, 2.45) is 0 Å². The van der Waals surface area contributed by atoms with Crippen molar-refractivity contribution in [1.29, 1.82) is 0 Å². The van der Waals surface area contributed by atoms with Gasteiger partial charge < -0.3 is 0 Å². The fourth-order valence-corrected chi connectivity index (χ4v) is 2.87. The third-order valence-corrected chi connectivity index (χ3v) is 3.92. The molecule has 26 heavy (non-hydrogen) atoms. The third kappa shape index (κ3) is 2.24. The summed E-state index contributed by atoms with van der Waals surface area (Å²) in [6.45, 7) is 3.53. The zero-order valence-corrected chi connectivity index (χ0v) is 12.6. The van der Waals surface area contributed by atoms with E-state index in [4.69, 9.17) is 0 Å². The normalized spacial score (nSPS) is 11.2. The molecular weight excluding hydrogens is 352 g/mol. The molecule has 1 aliphatic rings. The van der Waals surface area contributed by atoms with Crippen LogP contribution in [0.3, 0.4) is 0 Å². The van der Waals surface area contributed by atoms with Crippen molar-refractivity contribution >= 4 is 35.4 Å². The smallest absolute Gasteiger partial charge is 0.258 e. The SMILES string of the molecule is C=c1c([N+](=O)[O-])cc([N+](=O)[O-])c2c1=Cc1cc([N+](=O)[O-])cc([N+](=O)[O-])c1-2. The second-order valence-electron chi connectivity index (χ2n) is 5.28. The maximum absolute atomic E-state index is 11.4. The van der Waals surface area contributed by atoms with E-state index in [0.29, 0.717) is 12.1 Å². The lowest BCUT2D eigenvalue weighted by molar-refractivity contribution is -0.395. The number of benzene rings is 2. The average molecular weight is 358 g/mol. The molecule has 12 nitrogen and oxygen atoms in total. The highest BCUT2D eigenvalue weighted by Gasteiger charge is 2.35. The fourth-order valence-electron chi connectivity index (χ4n) is 2.87. The highest BCUT2D eigenvalue weighted by molar-refractivity contribution is 5.95. The number of nitrogens with zero attached hydrogens (tertiary/aromatic N) is 4. The summed E-state index contributed by atoms with van der Waals surface area (Å²) in [5, 5.41) is 44.6. The molecule has 0 heterocycles. The van der Waals surface area contributed by atoms with E-state index in [0.717, 1.165) is 6.07 Å². The zero-order valence-electron chi connectivity index (χ0n) is 12.6. The maximum atomic E-state index is 11.4. The van der Waals surface area contributed by atoms with Crippen LogP contribution in [-0.2, 0) is 0 Å². The van der Waals surface area contributed by atoms with Crippen LogP contribution in [0.1, 0.15) is 5.56 Å². The molecule has 0 spiro atoms. The van der Waals surface area contributed by atoms with E-state index in [1.807, 2.05) is 0 Å². The molecule has 0 saturated heterocycles.